The predicted octanol–water partition coefficient (Wildman–Crippen LogP) is 6.88. The van der Waals surface area contributed by atoms with Gasteiger partial charge in [0.2, 0.25) is 0 Å². The van der Waals surface area contributed by atoms with Gasteiger partial charge in [0.15, 0.2) is 0 Å². The van der Waals surface area contributed by atoms with Crippen LogP contribution < -0.4 is 5.32 Å². The lowest BCUT2D eigenvalue weighted by Crippen LogP contribution is -2.42. The Morgan fingerprint density at radius 2 is 1.78 bits per heavy atom. The van der Waals surface area contributed by atoms with Crippen molar-refractivity contribution in [3.8, 4) is 17.2 Å². The van der Waals surface area contributed by atoms with Gasteiger partial charge < -0.3 is 15.1 Å². The Kier molecular flexibility index (Phi) is 7.86. The molecule has 208 valence electrons. The summed E-state index contributed by atoms with van der Waals surface area (Å²) in [7, 11) is 0. The highest BCUT2D eigenvalue weighted by molar-refractivity contribution is 6.30. The smallest absolute Gasteiger partial charge is 0.254 e. The number of nitrogens with one attached hydrogen (secondary N) is 1. The van der Waals surface area contributed by atoms with E-state index in [1.807, 2.05) is 41.3 Å². The number of nitriles is 1. The van der Waals surface area contributed by atoms with Gasteiger partial charge in [-0.2, -0.15) is 5.26 Å². The van der Waals surface area contributed by atoms with Crippen molar-refractivity contribution in [2.75, 3.05) is 31.5 Å². The Bertz CT molecular complexity index is 1630. The summed E-state index contributed by atoms with van der Waals surface area (Å²) in [6.07, 6.45) is 4.46. The van der Waals surface area contributed by atoms with Gasteiger partial charge in [-0.05, 0) is 97.9 Å². The van der Waals surface area contributed by atoms with Crippen molar-refractivity contribution in [3.05, 3.63) is 94.3 Å². The summed E-state index contributed by atoms with van der Waals surface area (Å²) in [4.78, 5) is 23.6. The molecule has 2 saturated heterocycles. The summed E-state index contributed by atoms with van der Waals surface area (Å²) in [5.74, 6) is 0.131. The molecule has 8 heteroatoms. The van der Waals surface area contributed by atoms with Crippen molar-refractivity contribution in [2.24, 2.45) is 0 Å². The van der Waals surface area contributed by atoms with E-state index >= 15 is 0 Å². The van der Waals surface area contributed by atoms with Crippen LogP contribution in [0.1, 0.15) is 47.2 Å². The summed E-state index contributed by atoms with van der Waals surface area (Å²) in [6, 6.07) is 22.2. The standard InChI is InChI=1S/C33H31ClFN5O/c34-29-16-23(7-11-30(29)35)20-37-32-18-28(33(41)40-15-3-4-26(40)21-39-13-1-2-14-39)27-17-25(10-12-31(27)38-32)24-8-5-22(19-36)6-9-24/h5-12,16-18,26H,1-4,13-15,20-21H2,(H,37,38)/t26-/m0/s1. The number of amides is 1. The number of nitrogens with zero attached hydrogens (tertiary/aromatic N) is 4. The molecule has 0 aliphatic carbocycles. The third-order valence-corrected chi connectivity index (χ3v) is 8.44. The van der Waals surface area contributed by atoms with E-state index in [1.54, 1.807) is 24.3 Å². The lowest BCUT2D eigenvalue weighted by Gasteiger charge is -2.29. The first kappa shape index (κ1) is 27.2. The Morgan fingerprint density at radius 1 is 1.00 bits per heavy atom. The molecule has 0 saturated carbocycles. The predicted molar refractivity (Wildman–Crippen MR) is 160 cm³/mol. The van der Waals surface area contributed by atoms with Crippen LogP contribution in [0.15, 0.2) is 66.7 Å². The topological polar surface area (TPSA) is 72.3 Å². The second kappa shape index (κ2) is 11.9. The molecule has 0 bridgehead atoms. The lowest BCUT2D eigenvalue weighted by molar-refractivity contribution is 0.0710. The zero-order valence-corrected chi connectivity index (χ0v) is 23.5. The molecule has 41 heavy (non-hydrogen) atoms. The van der Waals surface area contributed by atoms with Gasteiger partial charge in [0.1, 0.15) is 11.6 Å². The zero-order chi connectivity index (χ0) is 28.3. The maximum absolute atomic E-state index is 14.2. The van der Waals surface area contributed by atoms with Crippen LogP contribution in [0.25, 0.3) is 22.0 Å². The number of hydrogen-bond acceptors (Lipinski definition) is 5. The van der Waals surface area contributed by atoms with E-state index in [1.165, 1.54) is 18.9 Å². The van der Waals surface area contributed by atoms with Crippen molar-refractivity contribution in [2.45, 2.75) is 38.3 Å². The summed E-state index contributed by atoms with van der Waals surface area (Å²) in [5, 5.41) is 13.4. The van der Waals surface area contributed by atoms with Gasteiger partial charge in [-0.25, -0.2) is 9.37 Å². The quantitative estimate of drug-likeness (QED) is 0.263. The molecule has 1 N–H and O–H groups in total. The molecule has 1 amide bonds. The molecule has 1 atom stereocenters. The van der Waals surface area contributed by atoms with Crippen LogP contribution in [0.2, 0.25) is 5.02 Å². The van der Waals surface area contributed by atoms with Crippen molar-refractivity contribution in [1.29, 1.82) is 5.26 Å². The first-order chi connectivity index (χ1) is 20.0. The van der Waals surface area contributed by atoms with Gasteiger partial charge in [-0.3, -0.25) is 4.79 Å². The molecule has 2 fully saturated rings. The molecular weight excluding hydrogens is 537 g/mol. The number of fused-ring (bicyclic) bond motifs is 1. The fourth-order valence-corrected chi connectivity index (χ4v) is 6.17. The minimum absolute atomic E-state index is 0.0175. The van der Waals surface area contributed by atoms with E-state index in [2.05, 4.69) is 16.3 Å². The van der Waals surface area contributed by atoms with Crippen LogP contribution in [0, 0.1) is 17.1 Å². The van der Waals surface area contributed by atoms with Crippen LogP contribution in [-0.4, -0.2) is 52.9 Å². The Morgan fingerprint density at radius 3 is 2.54 bits per heavy atom. The monoisotopic (exact) mass is 567 g/mol. The van der Waals surface area contributed by atoms with E-state index in [4.69, 9.17) is 16.6 Å². The van der Waals surface area contributed by atoms with E-state index in [0.717, 1.165) is 61.1 Å². The second-order valence-corrected chi connectivity index (χ2v) is 11.3. The number of benzene rings is 3. The van der Waals surface area contributed by atoms with Crippen LogP contribution in [0.4, 0.5) is 10.2 Å². The van der Waals surface area contributed by atoms with Crippen molar-refractivity contribution < 1.29 is 9.18 Å². The Labute approximate surface area is 244 Å². The molecule has 2 aliphatic heterocycles. The molecule has 6 nitrogen and oxygen atoms in total. The minimum atomic E-state index is -0.459. The fourth-order valence-electron chi connectivity index (χ4n) is 5.96. The molecule has 0 unspecified atom stereocenters. The average molecular weight is 568 g/mol. The van der Waals surface area contributed by atoms with Gasteiger partial charge in [0.05, 0.1) is 27.7 Å². The number of anilines is 1. The Balaban J connectivity index is 1.36. The zero-order valence-electron chi connectivity index (χ0n) is 22.7. The number of carbonyl (C=O) groups excluding carboxylic acids is 1. The average Bonchev–Trinajstić information content (AvgIpc) is 3.69. The highest BCUT2D eigenvalue weighted by Crippen LogP contribution is 2.31. The van der Waals surface area contributed by atoms with Crippen LogP contribution >= 0.6 is 11.6 Å². The van der Waals surface area contributed by atoms with E-state index in [-0.39, 0.29) is 17.0 Å². The van der Waals surface area contributed by atoms with Crippen molar-refractivity contribution in [1.82, 2.24) is 14.8 Å². The van der Waals surface area contributed by atoms with E-state index < -0.39 is 5.82 Å². The number of aromatic nitrogens is 1. The molecule has 4 aromatic rings. The third kappa shape index (κ3) is 5.90. The number of pyridine rings is 1. The maximum atomic E-state index is 14.2. The van der Waals surface area contributed by atoms with E-state index in [0.29, 0.717) is 29.0 Å². The summed E-state index contributed by atoms with van der Waals surface area (Å²) < 4.78 is 13.7. The number of rotatable bonds is 7. The molecule has 3 aromatic carbocycles. The second-order valence-electron chi connectivity index (χ2n) is 10.9. The van der Waals surface area contributed by atoms with Crippen molar-refractivity contribution in [3.63, 3.8) is 0 Å². The first-order valence-corrected chi connectivity index (χ1v) is 14.5. The van der Waals surface area contributed by atoms with Gasteiger partial charge in [0, 0.05) is 31.1 Å². The van der Waals surface area contributed by atoms with Crippen LogP contribution in [-0.2, 0) is 6.54 Å². The SMILES string of the molecule is N#Cc1ccc(-c2ccc3nc(NCc4ccc(F)c(Cl)c4)cc(C(=O)N4CCC[C@H]4CN4CCCC4)c3c2)cc1. The van der Waals surface area contributed by atoms with Crippen LogP contribution in [0.5, 0.6) is 0 Å². The maximum Gasteiger partial charge on any atom is 0.254 e. The number of likely N-dealkylation sites (tertiary alicyclic amines) is 2. The molecule has 6 rings (SSSR count). The number of halogens is 2. The molecule has 2 aliphatic rings. The Hall–Kier alpha value is -3.99. The lowest BCUT2D eigenvalue weighted by atomic mass is 9.99. The van der Waals surface area contributed by atoms with Crippen LogP contribution in [0.3, 0.4) is 0 Å². The number of carbonyl (C=O) groups is 1. The van der Waals surface area contributed by atoms with Gasteiger partial charge in [-0.1, -0.05) is 35.9 Å². The molecule has 3 heterocycles. The normalized spacial score (nSPS) is 17.2. The van der Waals surface area contributed by atoms with Gasteiger partial charge in [-0.15, -0.1) is 0 Å². The first-order valence-electron chi connectivity index (χ1n) is 14.1. The highest BCUT2D eigenvalue weighted by Gasteiger charge is 2.32. The highest BCUT2D eigenvalue weighted by atomic mass is 35.5. The van der Waals surface area contributed by atoms with Crippen molar-refractivity contribution >= 4 is 34.2 Å². The third-order valence-electron chi connectivity index (χ3n) is 8.15. The van der Waals surface area contributed by atoms with E-state index in [9.17, 15) is 14.4 Å². The molecule has 0 spiro atoms. The van der Waals surface area contributed by atoms with Gasteiger partial charge >= 0.3 is 0 Å². The summed E-state index contributed by atoms with van der Waals surface area (Å²) in [5.41, 5.74) is 4.65. The summed E-state index contributed by atoms with van der Waals surface area (Å²) >= 11 is 5.98. The molecular formula is C33H31ClFN5O. The fraction of sp³-hybridized carbons (Fsp3) is 0.303. The van der Waals surface area contributed by atoms with Gasteiger partial charge in [0.25, 0.3) is 5.91 Å². The molecule has 0 radical (unpaired) electrons. The molecule has 1 aromatic heterocycles. The largest absolute Gasteiger partial charge is 0.366 e. The minimum Gasteiger partial charge on any atom is -0.366 e. The number of hydrogen-bond donors (Lipinski definition) is 1. The summed E-state index contributed by atoms with van der Waals surface area (Å²) in [6.45, 7) is 4.25.